The zero-order valence-corrected chi connectivity index (χ0v) is 21.1. The number of nitrogens with zero attached hydrogens (tertiary/aromatic N) is 4. The molecule has 1 aromatic carbocycles. The predicted octanol–water partition coefficient (Wildman–Crippen LogP) is 4.31. The van der Waals surface area contributed by atoms with Gasteiger partial charge in [-0.1, -0.05) is 30.3 Å². The lowest BCUT2D eigenvalue weighted by Gasteiger charge is -2.36. The summed E-state index contributed by atoms with van der Waals surface area (Å²) in [5, 5.41) is 17.1. The van der Waals surface area contributed by atoms with Crippen molar-refractivity contribution in [3.8, 4) is 11.4 Å². The van der Waals surface area contributed by atoms with E-state index in [1.54, 1.807) is 16.9 Å². The van der Waals surface area contributed by atoms with Crippen LogP contribution in [0.15, 0.2) is 53.1 Å². The summed E-state index contributed by atoms with van der Waals surface area (Å²) < 4.78 is 4.34. The van der Waals surface area contributed by atoms with Crippen LogP contribution in [0.25, 0.3) is 11.4 Å². The Balaban J connectivity index is 1.90. The molecule has 0 saturated heterocycles. The molecule has 0 saturated carbocycles. The van der Waals surface area contributed by atoms with Crippen molar-refractivity contribution in [1.82, 2.24) is 24.6 Å². The first kappa shape index (κ1) is 24.6. The van der Waals surface area contributed by atoms with Gasteiger partial charge in [0.05, 0.1) is 17.4 Å². The van der Waals surface area contributed by atoms with E-state index in [0.29, 0.717) is 12.1 Å². The van der Waals surface area contributed by atoms with E-state index in [0.717, 1.165) is 21.4 Å². The zero-order valence-electron chi connectivity index (χ0n) is 19.5. The van der Waals surface area contributed by atoms with Gasteiger partial charge in [0.2, 0.25) is 0 Å². The van der Waals surface area contributed by atoms with Gasteiger partial charge in [0.1, 0.15) is 5.69 Å². The van der Waals surface area contributed by atoms with Crippen LogP contribution in [0.5, 0.6) is 0 Å². The molecule has 2 amide bonds. The fourth-order valence-electron chi connectivity index (χ4n) is 3.86. The van der Waals surface area contributed by atoms with Crippen LogP contribution in [-0.2, 0) is 20.5 Å². The van der Waals surface area contributed by atoms with E-state index >= 15 is 0 Å². The van der Waals surface area contributed by atoms with Crippen LogP contribution in [0.3, 0.4) is 0 Å². The number of aryl methyl sites for hydroxylation is 1. The quantitative estimate of drug-likeness (QED) is 0.490. The Hall–Kier alpha value is -3.07. The Labute approximate surface area is 202 Å². The summed E-state index contributed by atoms with van der Waals surface area (Å²) in [6, 6.07) is 13.0. The van der Waals surface area contributed by atoms with Crippen LogP contribution < -0.4 is 5.32 Å². The molecule has 2 heterocycles. The maximum absolute atomic E-state index is 13.3. The molecule has 176 valence electrons. The summed E-state index contributed by atoms with van der Waals surface area (Å²) in [4.78, 5) is 26.7. The number of nitrogens with one attached hydrogen (secondary N) is 1. The maximum atomic E-state index is 13.3. The van der Waals surface area contributed by atoms with Crippen molar-refractivity contribution in [2.45, 2.75) is 38.8 Å². The first-order chi connectivity index (χ1) is 15.5. The highest BCUT2D eigenvalue weighted by atomic mass is 79.9. The lowest BCUT2D eigenvalue weighted by atomic mass is 10.0. The number of hydrogen-bond donors (Lipinski definition) is 2. The van der Waals surface area contributed by atoms with E-state index in [-0.39, 0.29) is 12.5 Å². The second-order valence-electron chi connectivity index (χ2n) is 9.05. The molecule has 9 heteroatoms. The van der Waals surface area contributed by atoms with Crippen LogP contribution in [0.1, 0.15) is 36.8 Å². The summed E-state index contributed by atoms with van der Waals surface area (Å²) in [7, 11) is 3.67. The van der Waals surface area contributed by atoms with E-state index in [2.05, 4.69) is 26.3 Å². The minimum absolute atomic E-state index is 0.166. The molecular formula is C24H30BrN5O3. The second-order valence-corrected chi connectivity index (χ2v) is 9.90. The van der Waals surface area contributed by atoms with Crippen LogP contribution in [0.2, 0.25) is 0 Å². The summed E-state index contributed by atoms with van der Waals surface area (Å²) >= 11 is 3.57. The molecule has 2 aromatic heterocycles. The predicted molar refractivity (Wildman–Crippen MR) is 131 cm³/mol. The molecule has 1 unspecified atom stereocenters. The molecule has 0 aliphatic heterocycles. The highest BCUT2D eigenvalue weighted by Gasteiger charge is 2.30. The van der Waals surface area contributed by atoms with E-state index < -0.39 is 17.7 Å². The first-order valence-electron chi connectivity index (χ1n) is 10.7. The number of carbonyl (C=O) groups excluding carboxylic acids is 1. The lowest BCUT2D eigenvalue weighted by molar-refractivity contribution is 0.0817. The van der Waals surface area contributed by atoms with E-state index in [9.17, 15) is 14.7 Å². The number of benzene rings is 1. The SMILES string of the molecule is Cn1nccc1-c1c(Br)cc(C(=O)NC(Cc2ccccc2)CN(C(=O)O)C(C)(C)C)n1C. The monoisotopic (exact) mass is 515 g/mol. The molecule has 0 aliphatic carbocycles. The molecule has 33 heavy (non-hydrogen) atoms. The van der Waals surface area contributed by atoms with Gasteiger partial charge in [-0.05, 0) is 60.8 Å². The van der Waals surface area contributed by atoms with Gasteiger partial charge in [-0.15, -0.1) is 0 Å². The Kier molecular flexibility index (Phi) is 7.31. The average molecular weight is 516 g/mol. The Bertz CT molecular complexity index is 1130. The van der Waals surface area contributed by atoms with E-state index in [1.165, 1.54) is 4.90 Å². The van der Waals surface area contributed by atoms with Gasteiger partial charge in [-0.25, -0.2) is 4.79 Å². The lowest BCUT2D eigenvalue weighted by Crippen LogP contribution is -2.53. The molecule has 0 spiro atoms. The third kappa shape index (κ3) is 5.65. The van der Waals surface area contributed by atoms with Crippen LogP contribution in [-0.4, -0.2) is 54.5 Å². The summed E-state index contributed by atoms with van der Waals surface area (Å²) in [6.45, 7) is 5.70. The van der Waals surface area contributed by atoms with Gasteiger partial charge in [0.25, 0.3) is 5.91 Å². The number of hydrogen-bond acceptors (Lipinski definition) is 3. The third-order valence-corrected chi connectivity index (χ3v) is 6.19. The normalized spacial score (nSPS) is 12.4. The van der Waals surface area contributed by atoms with Gasteiger partial charge in [-0.3, -0.25) is 9.48 Å². The Morgan fingerprint density at radius 1 is 1.18 bits per heavy atom. The van der Waals surface area contributed by atoms with E-state index in [4.69, 9.17) is 0 Å². The van der Waals surface area contributed by atoms with Gasteiger partial charge >= 0.3 is 6.09 Å². The Morgan fingerprint density at radius 2 is 1.85 bits per heavy atom. The van der Waals surface area contributed by atoms with E-state index in [1.807, 2.05) is 75.8 Å². The van der Waals surface area contributed by atoms with Crippen LogP contribution >= 0.6 is 15.9 Å². The van der Waals surface area contributed by atoms with Crippen molar-refractivity contribution in [3.05, 3.63) is 64.4 Å². The number of rotatable bonds is 7. The molecule has 0 radical (unpaired) electrons. The maximum Gasteiger partial charge on any atom is 0.407 e. The van der Waals surface area contributed by atoms with Crippen molar-refractivity contribution in [3.63, 3.8) is 0 Å². The van der Waals surface area contributed by atoms with Crippen molar-refractivity contribution in [2.24, 2.45) is 14.1 Å². The van der Waals surface area contributed by atoms with Gasteiger partial charge in [0, 0.05) is 36.8 Å². The highest BCUT2D eigenvalue weighted by Crippen LogP contribution is 2.30. The first-order valence-corrected chi connectivity index (χ1v) is 11.5. The largest absolute Gasteiger partial charge is 0.465 e. The highest BCUT2D eigenvalue weighted by molar-refractivity contribution is 9.10. The number of aromatic nitrogens is 3. The molecule has 3 aromatic rings. The minimum Gasteiger partial charge on any atom is -0.465 e. The molecule has 8 nitrogen and oxygen atoms in total. The van der Waals surface area contributed by atoms with Crippen molar-refractivity contribution < 1.29 is 14.7 Å². The fraction of sp³-hybridized carbons (Fsp3) is 0.375. The number of carbonyl (C=O) groups is 2. The summed E-state index contributed by atoms with van der Waals surface area (Å²) in [6.07, 6.45) is 1.19. The smallest absolute Gasteiger partial charge is 0.407 e. The van der Waals surface area contributed by atoms with Crippen molar-refractivity contribution in [2.75, 3.05) is 6.54 Å². The summed E-state index contributed by atoms with van der Waals surface area (Å²) in [5.74, 6) is -0.271. The number of carboxylic acid groups (broad SMARTS) is 1. The van der Waals surface area contributed by atoms with Gasteiger partial charge in [0.15, 0.2) is 0 Å². The van der Waals surface area contributed by atoms with Gasteiger partial charge in [-0.2, -0.15) is 5.10 Å². The molecule has 0 aliphatic rings. The topological polar surface area (TPSA) is 92.4 Å². The summed E-state index contributed by atoms with van der Waals surface area (Å²) in [5.41, 5.74) is 2.58. The average Bonchev–Trinajstić information content (AvgIpc) is 3.27. The molecular weight excluding hydrogens is 486 g/mol. The zero-order chi connectivity index (χ0) is 24.3. The van der Waals surface area contributed by atoms with Gasteiger partial charge < -0.3 is 19.9 Å². The molecule has 2 N–H and O–H groups in total. The third-order valence-electron chi connectivity index (χ3n) is 5.59. The van der Waals surface area contributed by atoms with Crippen molar-refractivity contribution in [1.29, 1.82) is 0 Å². The standard InChI is InChI=1S/C24H30BrN5O3/c1-24(2,3)30(23(32)33)15-17(13-16-9-7-6-8-10-16)27-22(31)20-14-18(25)21(28(20)4)19-11-12-26-29(19)5/h6-12,14,17H,13,15H2,1-5H3,(H,27,31)(H,32,33). The molecule has 3 rings (SSSR count). The van der Waals surface area contributed by atoms with Crippen LogP contribution in [0, 0.1) is 0 Å². The minimum atomic E-state index is -1.02. The molecule has 1 atom stereocenters. The second kappa shape index (κ2) is 9.82. The number of amides is 2. The van der Waals surface area contributed by atoms with Crippen LogP contribution in [0.4, 0.5) is 4.79 Å². The molecule has 0 fully saturated rings. The van der Waals surface area contributed by atoms with Crippen molar-refractivity contribution >= 4 is 27.9 Å². The number of halogens is 1. The molecule has 0 bridgehead atoms. The fourth-order valence-corrected chi connectivity index (χ4v) is 4.55. The Morgan fingerprint density at radius 3 is 2.39 bits per heavy atom.